The topological polar surface area (TPSA) is 72.2 Å². The number of hydrogen-bond acceptors (Lipinski definition) is 3. The Morgan fingerprint density at radius 2 is 2.27 bits per heavy atom. The molecular formula is C9H11ClN2O2S. The largest absolute Gasteiger partial charge is 0.398 e. The second-order valence-electron chi connectivity index (χ2n) is 2.85. The van der Waals surface area contributed by atoms with Gasteiger partial charge in [-0.3, -0.25) is 9.00 Å². The first kappa shape index (κ1) is 12.0. The molecule has 0 heterocycles. The number of nitrogen functional groups attached to an aromatic ring is 1. The summed E-state index contributed by atoms with van der Waals surface area (Å²) >= 11 is 5.70. The summed E-state index contributed by atoms with van der Waals surface area (Å²) in [6, 6.07) is 4.67. The number of halogens is 1. The summed E-state index contributed by atoms with van der Waals surface area (Å²) in [7, 11) is 0.0619. The van der Waals surface area contributed by atoms with E-state index in [0.717, 1.165) is 0 Å². The number of rotatable bonds is 3. The number of hydrogen-bond donors (Lipinski definition) is 2. The van der Waals surface area contributed by atoms with Crippen molar-refractivity contribution in [1.29, 1.82) is 0 Å². The second kappa shape index (κ2) is 5.14. The fourth-order valence-electron chi connectivity index (χ4n) is 0.996. The van der Waals surface area contributed by atoms with E-state index in [1.807, 2.05) is 0 Å². The highest BCUT2D eigenvalue weighted by Gasteiger charge is 2.11. The third-order valence-electron chi connectivity index (χ3n) is 1.76. The molecule has 1 unspecified atom stereocenters. The molecule has 0 aliphatic heterocycles. The number of nitrogens with one attached hydrogen (secondary N) is 1. The third kappa shape index (κ3) is 3.21. The number of carbonyl (C=O) groups excluding carboxylic acids is 1. The van der Waals surface area contributed by atoms with E-state index in [9.17, 15) is 9.00 Å². The number of anilines is 1. The first-order chi connectivity index (χ1) is 7.04. The van der Waals surface area contributed by atoms with E-state index >= 15 is 0 Å². The van der Waals surface area contributed by atoms with Crippen LogP contribution >= 0.6 is 11.6 Å². The van der Waals surface area contributed by atoms with Gasteiger partial charge in [0.05, 0.1) is 15.7 Å². The molecule has 1 aromatic rings. The molecule has 0 saturated carbocycles. The Kier molecular flexibility index (Phi) is 4.11. The minimum atomic E-state index is -1.43. The van der Waals surface area contributed by atoms with E-state index in [4.69, 9.17) is 17.3 Å². The van der Waals surface area contributed by atoms with Gasteiger partial charge < -0.3 is 11.1 Å². The fourth-order valence-corrected chi connectivity index (χ4v) is 2.26. The predicted octanol–water partition coefficient (Wildman–Crippen LogP) is 0.776. The van der Waals surface area contributed by atoms with Gasteiger partial charge in [-0.15, -0.1) is 0 Å². The number of benzene rings is 1. The van der Waals surface area contributed by atoms with Crippen LogP contribution in [0.15, 0.2) is 23.1 Å². The van der Waals surface area contributed by atoms with Gasteiger partial charge in [-0.2, -0.15) is 0 Å². The van der Waals surface area contributed by atoms with Crippen LogP contribution in [-0.4, -0.2) is 22.9 Å². The first-order valence-corrected chi connectivity index (χ1v) is 5.88. The van der Waals surface area contributed by atoms with Crippen molar-refractivity contribution in [2.75, 3.05) is 18.5 Å². The maximum Gasteiger partial charge on any atom is 0.232 e. The molecule has 1 amide bonds. The molecule has 4 nitrogen and oxygen atoms in total. The summed E-state index contributed by atoms with van der Waals surface area (Å²) in [5, 5.41) is 2.88. The smallest absolute Gasteiger partial charge is 0.232 e. The van der Waals surface area contributed by atoms with Gasteiger partial charge >= 0.3 is 0 Å². The molecule has 15 heavy (non-hydrogen) atoms. The second-order valence-corrected chi connectivity index (χ2v) is 4.70. The average molecular weight is 247 g/mol. The van der Waals surface area contributed by atoms with Crippen molar-refractivity contribution >= 4 is 34.0 Å². The minimum absolute atomic E-state index is 0.0949. The lowest BCUT2D eigenvalue weighted by Gasteiger charge is -2.05. The van der Waals surface area contributed by atoms with Gasteiger partial charge in [-0.05, 0) is 18.2 Å². The molecule has 1 atom stereocenters. The molecule has 1 rings (SSSR count). The Labute approximate surface area is 95.3 Å². The molecule has 0 spiro atoms. The average Bonchev–Trinajstić information content (AvgIpc) is 2.17. The van der Waals surface area contributed by atoms with Crippen LogP contribution in [-0.2, 0) is 15.6 Å². The van der Waals surface area contributed by atoms with Crippen molar-refractivity contribution in [2.24, 2.45) is 0 Å². The monoisotopic (exact) mass is 246 g/mol. The highest BCUT2D eigenvalue weighted by Crippen LogP contribution is 2.21. The normalized spacial score (nSPS) is 12.1. The molecule has 0 aliphatic rings. The zero-order chi connectivity index (χ0) is 11.4. The van der Waals surface area contributed by atoms with Crippen molar-refractivity contribution in [3.05, 3.63) is 23.2 Å². The van der Waals surface area contributed by atoms with Crippen molar-refractivity contribution in [1.82, 2.24) is 5.32 Å². The Morgan fingerprint density at radius 1 is 1.60 bits per heavy atom. The van der Waals surface area contributed by atoms with Crippen molar-refractivity contribution in [3.8, 4) is 0 Å². The molecule has 0 aliphatic carbocycles. The molecule has 0 bridgehead atoms. The summed E-state index contributed by atoms with van der Waals surface area (Å²) in [5.41, 5.74) is 5.97. The molecule has 1 aromatic carbocycles. The van der Waals surface area contributed by atoms with Crippen molar-refractivity contribution in [2.45, 2.75) is 4.90 Å². The van der Waals surface area contributed by atoms with Crippen LogP contribution in [0.4, 0.5) is 5.69 Å². The van der Waals surface area contributed by atoms with Gasteiger partial charge in [0, 0.05) is 17.8 Å². The summed E-state index contributed by atoms with van der Waals surface area (Å²) in [5.74, 6) is -0.384. The number of nitrogens with two attached hydrogens (primary N) is 1. The Hall–Kier alpha value is -1.07. The first-order valence-electron chi connectivity index (χ1n) is 4.18. The van der Waals surface area contributed by atoms with Gasteiger partial charge in [0.25, 0.3) is 0 Å². The van der Waals surface area contributed by atoms with Crippen molar-refractivity contribution in [3.63, 3.8) is 0 Å². The molecule has 0 radical (unpaired) electrons. The molecule has 0 fully saturated rings. The molecule has 0 saturated heterocycles. The predicted molar refractivity (Wildman–Crippen MR) is 61.2 cm³/mol. The highest BCUT2D eigenvalue weighted by atomic mass is 35.5. The quantitative estimate of drug-likeness (QED) is 0.774. The Bertz CT molecular complexity index is 409. The minimum Gasteiger partial charge on any atom is -0.398 e. The van der Waals surface area contributed by atoms with E-state index < -0.39 is 10.8 Å². The van der Waals surface area contributed by atoms with E-state index in [1.54, 1.807) is 12.1 Å². The summed E-state index contributed by atoms with van der Waals surface area (Å²) in [4.78, 5) is 11.4. The Balaban J connectivity index is 2.87. The maximum atomic E-state index is 11.7. The summed E-state index contributed by atoms with van der Waals surface area (Å²) in [6.07, 6.45) is 0. The summed E-state index contributed by atoms with van der Waals surface area (Å²) < 4.78 is 11.7. The number of amides is 1. The zero-order valence-corrected chi connectivity index (χ0v) is 9.69. The standard InChI is InChI=1S/C9H11ClN2O2S/c1-12-9(13)5-15(14)8-3-2-6(10)4-7(8)11/h2-4H,5,11H2,1H3,(H,12,13). The van der Waals surface area contributed by atoms with E-state index in [0.29, 0.717) is 15.6 Å². The van der Waals surface area contributed by atoms with Gasteiger partial charge in [0.1, 0.15) is 5.75 Å². The van der Waals surface area contributed by atoms with Crippen LogP contribution in [0.1, 0.15) is 0 Å². The molecular weight excluding hydrogens is 236 g/mol. The van der Waals surface area contributed by atoms with Crippen molar-refractivity contribution < 1.29 is 9.00 Å². The maximum absolute atomic E-state index is 11.7. The van der Waals surface area contributed by atoms with Gasteiger partial charge in [0.15, 0.2) is 0 Å². The lowest BCUT2D eigenvalue weighted by atomic mass is 10.3. The van der Waals surface area contributed by atoms with Crippen LogP contribution in [0.5, 0.6) is 0 Å². The molecule has 82 valence electrons. The van der Waals surface area contributed by atoms with Crippen LogP contribution < -0.4 is 11.1 Å². The number of carbonyl (C=O) groups is 1. The summed E-state index contributed by atoms with van der Waals surface area (Å²) in [6.45, 7) is 0. The van der Waals surface area contributed by atoms with Crippen LogP contribution in [0.25, 0.3) is 0 Å². The SMILES string of the molecule is CNC(=O)CS(=O)c1ccc(Cl)cc1N. The van der Waals surface area contributed by atoms with E-state index in [-0.39, 0.29) is 11.7 Å². The van der Waals surface area contributed by atoms with Crippen LogP contribution in [0.2, 0.25) is 5.02 Å². The molecule has 0 aromatic heterocycles. The van der Waals surface area contributed by atoms with Gasteiger partial charge in [-0.25, -0.2) is 0 Å². The van der Waals surface area contributed by atoms with Crippen LogP contribution in [0.3, 0.4) is 0 Å². The highest BCUT2D eigenvalue weighted by molar-refractivity contribution is 7.86. The lowest BCUT2D eigenvalue weighted by molar-refractivity contribution is -0.118. The third-order valence-corrected chi connectivity index (χ3v) is 3.38. The van der Waals surface area contributed by atoms with E-state index in [1.165, 1.54) is 13.1 Å². The Morgan fingerprint density at radius 3 is 2.80 bits per heavy atom. The van der Waals surface area contributed by atoms with Gasteiger partial charge in [0.2, 0.25) is 5.91 Å². The lowest BCUT2D eigenvalue weighted by Crippen LogP contribution is -2.24. The van der Waals surface area contributed by atoms with E-state index in [2.05, 4.69) is 5.32 Å². The molecule has 6 heteroatoms. The zero-order valence-electron chi connectivity index (χ0n) is 8.12. The molecule has 3 N–H and O–H groups in total. The van der Waals surface area contributed by atoms with Crippen LogP contribution in [0, 0.1) is 0 Å². The fraction of sp³-hybridized carbons (Fsp3) is 0.222. The van der Waals surface area contributed by atoms with Gasteiger partial charge in [-0.1, -0.05) is 11.6 Å².